The van der Waals surface area contributed by atoms with Crippen LogP contribution >= 0.6 is 0 Å². The summed E-state index contributed by atoms with van der Waals surface area (Å²) in [7, 11) is 1.59. The molecule has 2 atom stereocenters. The van der Waals surface area contributed by atoms with Gasteiger partial charge in [-0.1, -0.05) is 12.8 Å². The molecule has 2 heterocycles. The molecule has 0 radical (unpaired) electrons. The molecule has 1 amide bonds. The molecule has 2 fully saturated rings. The maximum atomic E-state index is 12.7. The predicted octanol–water partition coefficient (Wildman–Crippen LogP) is 1.87. The quantitative estimate of drug-likeness (QED) is 0.827. The molecule has 0 N–H and O–H groups in total. The van der Waals surface area contributed by atoms with Crippen LogP contribution in [0.4, 0.5) is 0 Å². The van der Waals surface area contributed by atoms with Crippen LogP contribution in [0.25, 0.3) is 0 Å². The molecule has 108 valence electrons. The molecular weight excluding hydrogens is 256 g/mol. The topological polar surface area (TPSA) is 51.7 Å². The molecule has 0 bridgehead atoms. The summed E-state index contributed by atoms with van der Waals surface area (Å²) in [4.78, 5) is 18.8. The SMILES string of the molecule is COc1ccnc(C(=O)N2CCO[C@H]3CCCC[C@@H]32)c1. The largest absolute Gasteiger partial charge is 0.497 e. The number of rotatable bonds is 2. The van der Waals surface area contributed by atoms with E-state index < -0.39 is 0 Å². The number of ether oxygens (including phenoxy) is 2. The number of pyridine rings is 1. The van der Waals surface area contributed by atoms with Crippen LogP contribution in [0.1, 0.15) is 36.2 Å². The summed E-state index contributed by atoms with van der Waals surface area (Å²) in [6.45, 7) is 1.27. The van der Waals surface area contributed by atoms with Gasteiger partial charge in [-0.15, -0.1) is 0 Å². The zero-order valence-electron chi connectivity index (χ0n) is 11.7. The van der Waals surface area contributed by atoms with E-state index in [0.717, 1.165) is 12.8 Å². The van der Waals surface area contributed by atoms with Gasteiger partial charge in [0.05, 0.1) is 25.9 Å². The van der Waals surface area contributed by atoms with Crippen LogP contribution in [0.3, 0.4) is 0 Å². The van der Waals surface area contributed by atoms with Crippen molar-refractivity contribution in [3.05, 3.63) is 24.0 Å². The third kappa shape index (κ3) is 2.50. The van der Waals surface area contributed by atoms with Gasteiger partial charge in [-0.25, -0.2) is 0 Å². The number of morpholine rings is 1. The molecule has 0 spiro atoms. The van der Waals surface area contributed by atoms with Crippen LogP contribution in [-0.2, 0) is 4.74 Å². The van der Waals surface area contributed by atoms with Gasteiger partial charge in [-0.3, -0.25) is 9.78 Å². The van der Waals surface area contributed by atoms with E-state index in [1.54, 1.807) is 25.4 Å². The minimum atomic E-state index is -0.0101. The maximum absolute atomic E-state index is 12.7. The Balaban J connectivity index is 1.81. The number of hydrogen-bond acceptors (Lipinski definition) is 4. The normalized spacial score (nSPS) is 25.9. The van der Waals surface area contributed by atoms with Crippen LogP contribution in [0, 0.1) is 0 Å². The molecule has 2 aliphatic rings. The molecule has 1 aliphatic heterocycles. The molecule has 3 rings (SSSR count). The van der Waals surface area contributed by atoms with E-state index in [2.05, 4.69) is 4.98 Å². The molecular formula is C15H20N2O3. The van der Waals surface area contributed by atoms with E-state index in [1.807, 2.05) is 4.90 Å². The lowest BCUT2D eigenvalue weighted by molar-refractivity contribution is -0.0754. The molecule has 1 saturated heterocycles. The standard InChI is InChI=1S/C15H20N2O3/c1-19-11-6-7-16-12(10-11)15(18)17-8-9-20-14-5-3-2-4-13(14)17/h6-7,10,13-14H,2-5,8-9H2,1H3/t13-,14-/m0/s1. The number of aromatic nitrogens is 1. The van der Waals surface area contributed by atoms with Crippen LogP contribution in [0.5, 0.6) is 5.75 Å². The Hall–Kier alpha value is -1.62. The van der Waals surface area contributed by atoms with Crippen LogP contribution in [-0.4, -0.2) is 48.2 Å². The molecule has 1 aromatic rings. The van der Waals surface area contributed by atoms with Gasteiger partial charge in [0.2, 0.25) is 0 Å². The fourth-order valence-electron chi connectivity index (χ4n) is 3.15. The van der Waals surface area contributed by atoms with Gasteiger partial charge in [-0.05, 0) is 18.9 Å². The average Bonchev–Trinajstić information content (AvgIpc) is 2.53. The van der Waals surface area contributed by atoms with Crippen molar-refractivity contribution in [1.82, 2.24) is 9.88 Å². The van der Waals surface area contributed by atoms with Crippen LogP contribution < -0.4 is 4.74 Å². The van der Waals surface area contributed by atoms with Crippen molar-refractivity contribution in [2.45, 2.75) is 37.8 Å². The van der Waals surface area contributed by atoms with Gasteiger partial charge in [0.15, 0.2) is 0 Å². The fraction of sp³-hybridized carbons (Fsp3) is 0.600. The molecule has 5 heteroatoms. The van der Waals surface area contributed by atoms with E-state index in [0.29, 0.717) is 24.6 Å². The minimum absolute atomic E-state index is 0.0101. The number of carbonyl (C=O) groups excluding carboxylic acids is 1. The van der Waals surface area contributed by atoms with Gasteiger partial charge in [0, 0.05) is 18.8 Å². The highest BCUT2D eigenvalue weighted by molar-refractivity contribution is 5.93. The molecule has 1 aromatic heterocycles. The first-order valence-electron chi connectivity index (χ1n) is 7.22. The van der Waals surface area contributed by atoms with Gasteiger partial charge in [-0.2, -0.15) is 0 Å². The zero-order valence-corrected chi connectivity index (χ0v) is 11.7. The van der Waals surface area contributed by atoms with Crippen LogP contribution in [0.15, 0.2) is 18.3 Å². The van der Waals surface area contributed by atoms with Crippen molar-refractivity contribution in [3.63, 3.8) is 0 Å². The Labute approximate surface area is 118 Å². The number of carbonyl (C=O) groups is 1. The second-order valence-electron chi connectivity index (χ2n) is 5.34. The third-order valence-electron chi connectivity index (χ3n) is 4.18. The van der Waals surface area contributed by atoms with E-state index in [1.165, 1.54) is 12.8 Å². The lowest BCUT2D eigenvalue weighted by Crippen LogP contribution is -2.54. The van der Waals surface area contributed by atoms with E-state index >= 15 is 0 Å². The number of methoxy groups -OCH3 is 1. The first-order valence-corrected chi connectivity index (χ1v) is 7.22. The molecule has 1 aliphatic carbocycles. The summed E-state index contributed by atoms with van der Waals surface area (Å²) in [5.41, 5.74) is 0.454. The number of hydrogen-bond donors (Lipinski definition) is 0. The monoisotopic (exact) mass is 276 g/mol. The predicted molar refractivity (Wildman–Crippen MR) is 73.8 cm³/mol. The number of fused-ring (bicyclic) bond motifs is 1. The Morgan fingerprint density at radius 2 is 2.30 bits per heavy atom. The van der Waals surface area contributed by atoms with Crippen molar-refractivity contribution in [1.29, 1.82) is 0 Å². The summed E-state index contributed by atoms with van der Waals surface area (Å²) in [5.74, 6) is 0.654. The number of nitrogens with zero attached hydrogens (tertiary/aromatic N) is 2. The Morgan fingerprint density at radius 3 is 3.15 bits per heavy atom. The third-order valence-corrected chi connectivity index (χ3v) is 4.18. The van der Waals surface area contributed by atoms with Gasteiger partial charge in [0.1, 0.15) is 11.4 Å². The molecule has 0 unspecified atom stereocenters. The highest BCUT2D eigenvalue weighted by Crippen LogP contribution is 2.29. The smallest absolute Gasteiger partial charge is 0.273 e. The first-order chi connectivity index (χ1) is 9.79. The summed E-state index contributed by atoms with van der Waals surface area (Å²) >= 11 is 0. The Kier molecular flexibility index (Phi) is 3.87. The summed E-state index contributed by atoms with van der Waals surface area (Å²) < 4.78 is 11.0. The van der Waals surface area contributed by atoms with Crippen molar-refractivity contribution < 1.29 is 14.3 Å². The second-order valence-corrected chi connectivity index (χ2v) is 5.34. The van der Waals surface area contributed by atoms with Gasteiger partial charge >= 0.3 is 0 Å². The molecule has 0 aromatic carbocycles. The molecule has 20 heavy (non-hydrogen) atoms. The van der Waals surface area contributed by atoms with E-state index in [-0.39, 0.29) is 18.1 Å². The lowest BCUT2D eigenvalue weighted by atomic mass is 9.90. The first kappa shape index (κ1) is 13.4. The zero-order chi connectivity index (χ0) is 13.9. The molecule has 5 nitrogen and oxygen atoms in total. The average molecular weight is 276 g/mol. The fourth-order valence-corrected chi connectivity index (χ4v) is 3.15. The summed E-state index contributed by atoms with van der Waals surface area (Å²) in [5, 5.41) is 0. The summed E-state index contributed by atoms with van der Waals surface area (Å²) in [6, 6.07) is 3.66. The van der Waals surface area contributed by atoms with Crippen molar-refractivity contribution in [2.75, 3.05) is 20.3 Å². The minimum Gasteiger partial charge on any atom is -0.497 e. The van der Waals surface area contributed by atoms with Gasteiger partial charge < -0.3 is 14.4 Å². The Bertz CT molecular complexity index is 490. The lowest BCUT2D eigenvalue weighted by Gasteiger charge is -2.43. The van der Waals surface area contributed by atoms with Crippen LogP contribution in [0.2, 0.25) is 0 Å². The second kappa shape index (κ2) is 5.79. The van der Waals surface area contributed by atoms with Gasteiger partial charge in [0.25, 0.3) is 5.91 Å². The van der Waals surface area contributed by atoms with Crippen molar-refractivity contribution >= 4 is 5.91 Å². The highest BCUT2D eigenvalue weighted by Gasteiger charge is 2.37. The Morgan fingerprint density at radius 1 is 1.45 bits per heavy atom. The maximum Gasteiger partial charge on any atom is 0.273 e. The van der Waals surface area contributed by atoms with Crippen molar-refractivity contribution in [3.8, 4) is 5.75 Å². The molecule has 1 saturated carbocycles. The summed E-state index contributed by atoms with van der Waals surface area (Å²) in [6.07, 6.45) is 6.26. The van der Waals surface area contributed by atoms with Crippen molar-refractivity contribution in [2.24, 2.45) is 0 Å². The highest BCUT2D eigenvalue weighted by atomic mass is 16.5. The van der Waals surface area contributed by atoms with E-state index in [4.69, 9.17) is 9.47 Å². The number of amides is 1. The van der Waals surface area contributed by atoms with E-state index in [9.17, 15) is 4.79 Å².